The molecule has 142 valence electrons. The number of aromatic carboxylic acids is 1. The number of thiophene rings is 1. The molecule has 7 nitrogen and oxygen atoms in total. The van der Waals surface area contributed by atoms with Gasteiger partial charge < -0.3 is 20.1 Å². The van der Waals surface area contributed by atoms with Crippen molar-refractivity contribution in [3.05, 3.63) is 69.9 Å². The molecule has 0 atom stereocenters. The minimum absolute atomic E-state index is 0.00358. The van der Waals surface area contributed by atoms with Crippen LogP contribution in [0.2, 0.25) is 0 Å². The topological polar surface area (TPSA) is 121 Å². The summed E-state index contributed by atoms with van der Waals surface area (Å²) in [6.07, 6.45) is 0. The molecule has 2 aromatic carbocycles. The molecule has 3 aromatic rings. The molecule has 0 fully saturated rings. The van der Waals surface area contributed by atoms with Gasteiger partial charge in [0.1, 0.15) is 16.4 Å². The van der Waals surface area contributed by atoms with E-state index in [1.54, 1.807) is 18.2 Å². The number of carboxylic acids is 2. The molecule has 0 unspecified atom stereocenters. The van der Waals surface area contributed by atoms with Crippen LogP contribution in [0, 0.1) is 0 Å². The number of rotatable bonds is 7. The Balaban J connectivity index is 2.12. The average Bonchev–Trinajstić information content (AvgIpc) is 3.15. The molecule has 0 saturated heterocycles. The predicted molar refractivity (Wildman–Crippen MR) is 101 cm³/mol. The average molecular weight is 398 g/mol. The van der Waals surface area contributed by atoms with Gasteiger partial charge in [-0.2, -0.15) is 0 Å². The molecular formula is C20H14O7S. The fourth-order valence-electron chi connectivity index (χ4n) is 2.67. The Labute approximate surface area is 163 Å². The van der Waals surface area contributed by atoms with Crippen molar-refractivity contribution in [3.8, 4) is 22.6 Å². The molecule has 0 spiro atoms. The number of ketones is 1. The van der Waals surface area contributed by atoms with Gasteiger partial charge >= 0.3 is 11.9 Å². The minimum Gasteiger partial charge on any atom is -0.508 e. The van der Waals surface area contributed by atoms with Gasteiger partial charge in [-0.15, -0.1) is 11.3 Å². The van der Waals surface area contributed by atoms with Crippen LogP contribution in [0.25, 0.3) is 11.1 Å². The van der Waals surface area contributed by atoms with Crippen LogP contribution in [0.15, 0.2) is 53.9 Å². The monoisotopic (exact) mass is 398 g/mol. The fourth-order valence-corrected chi connectivity index (χ4v) is 3.40. The number of carbonyl (C=O) groups is 3. The van der Waals surface area contributed by atoms with Crippen LogP contribution in [0.5, 0.6) is 11.5 Å². The predicted octanol–water partition coefficient (Wildman–Crippen LogP) is 3.51. The number of ether oxygens (including phenoxy) is 1. The van der Waals surface area contributed by atoms with E-state index in [0.29, 0.717) is 11.1 Å². The standard InChI is InChI=1S/C20H14O7S/c21-12-3-1-2-11(8-12)14-5-4-13(27-10-17(22)23)9-16(14)18(24)15-6-7-28-19(15)20(25)26/h1-9,21H,10H2,(H,22,23)(H,25,26). The van der Waals surface area contributed by atoms with Gasteiger partial charge in [-0.05, 0) is 52.9 Å². The van der Waals surface area contributed by atoms with Gasteiger partial charge in [0.2, 0.25) is 0 Å². The van der Waals surface area contributed by atoms with Crippen LogP contribution in [-0.4, -0.2) is 39.6 Å². The number of hydrogen-bond acceptors (Lipinski definition) is 6. The van der Waals surface area contributed by atoms with Gasteiger partial charge in [-0.25, -0.2) is 9.59 Å². The van der Waals surface area contributed by atoms with E-state index in [1.807, 2.05) is 0 Å². The Morgan fingerprint density at radius 3 is 2.43 bits per heavy atom. The highest BCUT2D eigenvalue weighted by Crippen LogP contribution is 2.32. The summed E-state index contributed by atoms with van der Waals surface area (Å²) in [5, 5.41) is 29.4. The van der Waals surface area contributed by atoms with Crippen molar-refractivity contribution in [2.45, 2.75) is 0 Å². The maximum atomic E-state index is 13.1. The second-order valence-corrected chi connectivity index (χ2v) is 6.65. The molecule has 8 heteroatoms. The largest absolute Gasteiger partial charge is 0.508 e. The highest BCUT2D eigenvalue weighted by atomic mass is 32.1. The number of carboxylic acid groups (broad SMARTS) is 2. The van der Waals surface area contributed by atoms with Gasteiger partial charge in [-0.1, -0.05) is 12.1 Å². The lowest BCUT2D eigenvalue weighted by Gasteiger charge is -2.12. The smallest absolute Gasteiger partial charge is 0.346 e. The zero-order valence-electron chi connectivity index (χ0n) is 14.3. The van der Waals surface area contributed by atoms with Crippen molar-refractivity contribution in [3.63, 3.8) is 0 Å². The zero-order chi connectivity index (χ0) is 20.3. The summed E-state index contributed by atoms with van der Waals surface area (Å²) in [4.78, 5) is 35.2. The molecular weight excluding hydrogens is 384 g/mol. The third kappa shape index (κ3) is 4.02. The first kappa shape index (κ1) is 19.1. The lowest BCUT2D eigenvalue weighted by molar-refractivity contribution is -0.139. The Morgan fingerprint density at radius 1 is 0.964 bits per heavy atom. The van der Waals surface area contributed by atoms with Crippen LogP contribution >= 0.6 is 11.3 Å². The molecule has 0 aliphatic carbocycles. The van der Waals surface area contributed by atoms with Gasteiger partial charge in [0.05, 0.1) is 0 Å². The Bertz CT molecular complexity index is 1070. The molecule has 0 aliphatic heterocycles. The van der Waals surface area contributed by atoms with Crippen LogP contribution in [-0.2, 0) is 4.79 Å². The Morgan fingerprint density at radius 2 is 1.75 bits per heavy atom. The van der Waals surface area contributed by atoms with Gasteiger partial charge in [0, 0.05) is 11.1 Å². The van der Waals surface area contributed by atoms with E-state index in [0.717, 1.165) is 11.3 Å². The first-order valence-corrected chi connectivity index (χ1v) is 8.88. The molecule has 0 saturated carbocycles. The summed E-state index contributed by atoms with van der Waals surface area (Å²) in [6, 6.07) is 12.1. The number of hydrogen-bond donors (Lipinski definition) is 3. The minimum atomic E-state index is -1.21. The molecule has 1 heterocycles. The van der Waals surface area contributed by atoms with Crippen molar-refractivity contribution in [1.29, 1.82) is 0 Å². The van der Waals surface area contributed by atoms with Crippen LogP contribution < -0.4 is 4.74 Å². The quantitative estimate of drug-likeness (QED) is 0.521. The van der Waals surface area contributed by atoms with Gasteiger partial charge in [0.15, 0.2) is 12.4 Å². The highest BCUT2D eigenvalue weighted by Gasteiger charge is 2.23. The summed E-state index contributed by atoms with van der Waals surface area (Å²) < 4.78 is 5.15. The van der Waals surface area contributed by atoms with E-state index in [4.69, 9.17) is 9.84 Å². The van der Waals surface area contributed by atoms with Crippen molar-refractivity contribution >= 4 is 29.1 Å². The Kier molecular flexibility index (Phi) is 5.42. The summed E-state index contributed by atoms with van der Waals surface area (Å²) in [7, 11) is 0. The maximum absolute atomic E-state index is 13.1. The molecule has 0 radical (unpaired) electrons. The van der Waals surface area contributed by atoms with Crippen molar-refractivity contribution in [2.75, 3.05) is 6.61 Å². The zero-order valence-corrected chi connectivity index (χ0v) is 15.1. The number of aliphatic carboxylic acids is 1. The molecule has 3 rings (SSSR count). The van der Waals surface area contributed by atoms with E-state index in [1.165, 1.54) is 35.7 Å². The van der Waals surface area contributed by atoms with Gasteiger partial charge in [0.25, 0.3) is 0 Å². The van der Waals surface area contributed by atoms with Crippen molar-refractivity contribution in [1.82, 2.24) is 0 Å². The van der Waals surface area contributed by atoms with Crippen molar-refractivity contribution < 1.29 is 34.4 Å². The van der Waals surface area contributed by atoms with E-state index in [9.17, 15) is 24.6 Å². The molecule has 0 amide bonds. The normalized spacial score (nSPS) is 10.4. The fraction of sp³-hybridized carbons (Fsp3) is 0.0500. The number of phenols is 1. The number of benzene rings is 2. The third-order valence-corrected chi connectivity index (χ3v) is 4.76. The third-order valence-electron chi connectivity index (χ3n) is 3.86. The second-order valence-electron chi connectivity index (χ2n) is 5.74. The van der Waals surface area contributed by atoms with Crippen LogP contribution in [0.4, 0.5) is 0 Å². The Hall–Kier alpha value is -3.65. The van der Waals surface area contributed by atoms with Gasteiger partial charge in [-0.3, -0.25) is 4.79 Å². The first-order valence-electron chi connectivity index (χ1n) is 8.00. The summed E-state index contributed by atoms with van der Waals surface area (Å²) in [6.45, 7) is -0.585. The summed E-state index contributed by atoms with van der Waals surface area (Å²) in [5.41, 5.74) is 1.15. The van der Waals surface area contributed by atoms with Crippen LogP contribution in [0.3, 0.4) is 0 Å². The summed E-state index contributed by atoms with van der Waals surface area (Å²) in [5.74, 6) is -2.77. The number of phenolic OH excluding ortho intramolecular Hbond substituents is 1. The lowest BCUT2D eigenvalue weighted by atomic mass is 9.93. The van der Waals surface area contributed by atoms with E-state index in [2.05, 4.69) is 0 Å². The molecule has 0 bridgehead atoms. The highest BCUT2D eigenvalue weighted by molar-refractivity contribution is 7.12. The molecule has 3 N–H and O–H groups in total. The molecule has 0 aliphatic rings. The summed E-state index contributed by atoms with van der Waals surface area (Å²) >= 11 is 0.934. The van der Waals surface area contributed by atoms with Crippen LogP contribution in [0.1, 0.15) is 25.6 Å². The first-order chi connectivity index (χ1) is 13.4. The SMILES string of the molecule is O=C(O)COc1ccc(-c2cccc(O)c2)c(C(=O)c2ccsc2C(=O)O)c1. The lowest BCUT2D eigenvalue weighted by Crippen LogP contribution is -2.11. The number of aromatic hydroxyl groups is 1. The number of carbonyl (C=O) groups excluding carboxylic acids is 1. The van der Waals surface area contributed by atoms with E-state index < -0.39 is 24.3 Å². The maximum Gasteiger partial charge on any atom is 0.346 e. The second kappa shape index (κ2) is 7.93. The van der Waals surface area contributed by atoms with E-state index in [-0.39, 0.29) is 27.5 Å². The molecule has 28 heavy (non-hydrogen) atoms. The van der Waals surface area contributed by atoms with Crippen molar-refractivity contribution in [2.24, 2.45) is 0 Å². The molecule has 1 aromatic heterocycles. The van der Waals surface area contributed by atoms with E-state index >= 15 is 0 Å².